The van der Waals surface area contributed by atoms with Crippen molar-refractivity contribution < 1.29 is 42.7 Å². The zero-order chi connectivity index (χ0) is 18.8. The number of epoxide rings is 1. The predicted molar refractivity (Wildman–Crippen MR) is 95.8 cm³/mol. The van der Waals surface area contributed by atoms with Crippen molar-refractivity contribution in [3.8, 4) is 0 Å². The minimum Gasteiger partial charge on any atom is -0.557 e. The summed E-state index contributed by atoms with van der Waals surface area (Å²) in [5, 5.41) is 0. The Morgan fingerprint density at radius 1 is 0.929 bits per heavy atom. The molecule has 0 saturated carbocycles. The molecule has 2 aromatic rings. The zero-order valence-electron chi connectivity index (χ0n) is 16.1. The van der Waals surface area contributed by atoms with Crippen molar-refractivity contribution in [3.63, 3.8) is 0 Å². The summed E-state index contributed by atoms with van der Waals surface area (Å²) >= 11 is 0. The van der Waals surface area contributed by atoms with E-state index in [9.17, 15) is 9.59 Å². The third kappa shape index (κ3) is 2.13. The van der Waals surface area contributed by atoms with Crippen LogP contribution >= 0.6 is 0 Å². The Bertz CT molecular complexity index is 919. The summed E-state index contributed by atoms with van der Waals surface area (Å²) in [5.74, 6) is -1.36. The number of ether oxygens (including phenoxy) is 3. The van der Waals surface area contributed by atoms with Gasteiger partial charge in [0.05, 0.1) is 19.6 Å². The SMILES string of the molecule is COC(=O)C1([C@@]2(C(=O)OC)[CH-]O2)CC2c3ccccc3C1c1ccccc12.[Li+]. The summed E-state index contributed by atoms with van der Waals surface area (Å²) in [4.78, 5) is 26.0. The molecule has 0 amide bonds. The Kier molecular flexibility index (Phi) is 4.46. The molecule has 3 aliphatic carbocycles. The van der Waals surface area contributed by atoms with E-state index in [2.05, 4.69) is 12.1 Å². The Balaban J connectivity index is 0.00000192. The van der Waals surface area contributed by atoms with Crippen LogP contribution in [0.2, 0.25) is 0 Å². The standard InChI is InChI=1S/C22H19O5.Li/c1-25-19(23)21(22(12-27-22)20(24)26-2)11-17-13-7-3-5-9-15(13)18(21)16-10-6-4-8-14(16)17;/h3-10,12,17-18H,11H2,1-2H3;/q-1;+1/t17?,18?,21?,22-;/m0./s1. The van der Waals surface area contributed by atoms with Crippen molar-refractivity contribution in [1.82, 2.24) is 0 Å². The van der Waals surface area contributed by atoms with E-state index in [0.29, 0.717) is 6.42 Å². The van der Waals surface area contributed by atoms with Gasteiger partial charge in [-0.2, -0.15) is 6.61 Å². The van der Waals surface area contributed by atoms with Gasteiger partial charge < -0.3 is 14.2 Å². The molecule has 2 atom stereocenters. The van der Waals surface area contributed by atoms with Gasteiger partial charge in [-0.05, 0) is 28.7 Å². The van der Waals surface area contributed by atoms with Crippen LogP contribution in [0.5, 0.6) is 0 Å². The van der Waals surface area contributed by atoms with Gasteiger partial charge in [-0.15, -0.1) is 0 Å². The molecule has 4 aliphatic rings. The molecule has 0 N–H and O–H groups in total. The van der Waals surface area contributed by atoms with Crippen molar-refractivity contribution in [2.45, 2.75) is 23.9 Å². The van der Waals surface area contributed by atoms with Crippen LogP contribution in [0.1, 0.15) is 40.5 Å². The first-order valence-electron chi connectivity index (χ1n) is 8.97. The average molecular weight is 370 g/mol. The molecule has 2 aromatic carbocycles. The number of rotatable bonds is 3. The Hall–Kier alpha value is -2.06. The van der Waals surface area contributed by atoms with Crippen LogP contribution in [0.15, 0.2) is 48.5 Å². The number of benzene rings is 2. The molecule has 0 radical (unpaired) electrons. The molecule has 28 heavy (non-hydrogen) atoms. The first-order chi connectivity index (χ1) is 13.1. The molecule has 0 aromatic heterocycles. The molecule has 5 nitrogen and oxygen atoms in total. The molecule has 0 spiro atoms. The molecular formula is C22H19LiO5. The monoisotopic (exact) mass is 370 g/mol. The maximum atomic E-state index is 13.3. The van der Waals surface area contributed by atoms with Crippen LogP contribution < -0.4 is 18.9 Å². The largest absolute Gasteiger partial charge is 1.00 e. The normalized spacial score (nSPS) is 31.1. The summed E-state index contributed by atoms with van der Waals surface area (Å²) in [6.07, 6.45) is 0.434. The number of carbonyl (C=O) groups excluding carboxylic acids is 2. The number of methoxy groups -OCH3 is 2. The van der Waals surface area contributed by atoms with Gasteiger partial charge in [0, 0.05) is 17.4 Å². The zero-order valence-corrected chi connectivity index (χ0v) is 16.1. The first kappa shape index (κ1) is 19.3. The summed E-state index contributed by atoms with van der Waals surface area (Å²) in [6, 6.07) is 16.2. The van der Waals surface area contributed by atoms with E-state index in [4.69, 9.17) is 14.2 Å². The van der Waals surface area contributed by atoms with Gasteiger partial charge in [-0.1, -0.05) is 48.5 Å². The number of carbonyl (C=O) groups is 2. The van der Waals surface area contributed by atoms with Crippen LogP contribution in [-0.2, 0) is 23.8 Å². The summed E-state index contributed by atoms with van der Waals surface area (Å²) in [7, 11) is 2.67. The first-order valence-corrected chi connectivity index (χ1v) is 8.97. The average Bonchev–Trinajstić information content (AvgIpc) is 3.54. The fourth-order valence-electron chi connectivity index (χ4n) is 5.31. The second-order valence-electron chi connectivity index (χ2n) is 7.37. The fourth-order valence-corrected chi connectivity index (χ4v) is 5.31. The molecule has 138 valence electrons. The molecule has 6 rings (SSSR count). The minimum atomic E-state index is -1.42. The van der Waals surface area contributed by atoms with Gasteiger partial charge in [-0.25, -0.2) is 0 Å². The summed E-state index contributed by atoms with van der Waals surface area (Å²) in [5.41, 5.74) is 1.87. The van der Waals surface area contributed by atoms with Gasteiger partial charge >= 0.3 is 30.8 Å². The molecule has 1 unspecified atom stereocenters. The van der Waals surface area contributed by atoms with Crippen LogP contribution in [0.3, 0.4) is 0 Å². The number of fused-ring (bicyclic) bond motifs is 1. The Morgan fingerprint density at radius 2 is 1.39 bits per heavy atom. The van der Waals surface area contributed by atoms with Crippen LogP contribution in [0.25, 0.3) is 0 Å². The van der Waals surface area contributed by atoms with Crippen LogP contribution in [-0.4, -0.2) is 31.8 Å². The van der Waals surface area contributed by atoms with Gasteiger partial charge in [0.15, 0.2) is 0 Å². The van der Waals surface area contributed by atoms with E-state index < -0.39 is 23.0 Å². The van der Waals surface area contributed by atoms with Crippen LogP contribution in [0, 0.1) is 12.0 Å². The molecule has 6 heteroatoms. The van der Waals surface area contributed by atoms with E-state index in [1.165, 1.54) is 32.0 Å². The van der Waals surface area contributed by atoms with E-state index in [-0.39, 0.29) is 30.7 Å². The van der Waals surface area contributed by atoms with E-state index >= 15 is 0 Å². The van der Waals surface area contributed by atoms with E-state index in [0.717, 1.165) is 11.1 Å². The van der Waals surface area contributed by atoms with Gasteiger partial charge in [-0.3, -0.25) is 9.59 Å². The van der Waals surface area contributed by atoms with Crippen molar-refractivity contribution in [1.29, 1.82) is 0 Å². The van der Waals surface area contributed by atoms with Crippen molar-refractivity contribution in [2.24, 2.45) is 5.41 Å². The van der Waals surface area contributed by atoms with Crippen molar-refractivity contribution >= 4 is 11.9 Å². The minimum absolute atomic E-state index is 0. The van der Waals surface area contributed by atoms with Gasteiger partial charge in [0.25, 0.3) is 0 Å². The molecular weight excluding hydrogens is 351 g/mol. The predicted octanol–water partition coefficient (Wildman–Crippen LogP) is -0.0653. The third-order valence-corrected chi connectivity index (χ3v) is 6.44. The number of esters is 2. The number of hydrogen-bond donors (Lipinski definition) is 0. The quantitative estimate of drug-likeness (QED) is 0.328. The smallest absolute Gasteiger partial charge is 0.557 e. The number of hydrogen-bond acceptors (Lipinski definition) is 5. The van der Waals surface area contributed by atoms with E-state index in [1.54, 1.807) is 0 Å². The maximum absolute atomic E-state index is 13.3. The van der Waals surface area contributed by atoms with E-state index in [1.807, 2.05) is 36.4 Å². The van der Waals surface area contributed by atoms with Crippen LogP contribution in [0.4, 0.5) is 0 Å². The van der Waals surface area contributed by atoms with Gasteiger partial charge in [0.1, 0.15) is 0 Å². The van der Waals surface area contributed by atoms with Crippen molar-refractivity contribution in [2.75, 3.05) is 14.2 Å². The third-order valence-electron chi connectivity index (χ3n) is 6.44. The molecule has 1 saturated heterocycles. The molecule has 1 heterocycles. The molecule has 1 aliphatic heterocycles. The second-order valence-corrected chi connectivity index (χ2v) is 7.37. The Labute approximate surface area is 175 Å². The Morgan fingerprint density at radius 3 is 1.82 bits per heavy atom. The molecule has 1 fully saturated rings. The summed E-state index contributed by atoms with van der Waals surface area (Å²) < 4.78 is 15.9. The second kappa shape index (κ2) is 6.49. The molecule has 2 bridgehead atoms. The fraction of sp³-hybridized carbons (Fsp3) is 0.318. The summed E-state index contributed by atoms with van der Waals surface area (Å²) in [6.45, 7) is 1.43. The maximum Gasteiger partial charge on any atom is 1.00 e. The van der Waals surface area contributed by atoms with Gasteiger partial charge in [0.2, 0.25) is 0 Å². The topological polar surface area (TPSA) is 65.1 Å². The van der Waals surface area contributed by atoms with Crippen molar-refractivity contribution in [3.05, 3.63) is 77.4 Å².